The highest BCUT2D eigenvalue weighted by molar-refractivity contribution is 7.71. The summed E-state index contributed by atoms with van der Waals surface area (Å²) in [5.74, 6) is 0.0617. The van der Waals surface area contributed by atoms with Crippen molar-refractivity contribution in [3.8, 4) is 0 Å². The molecule has 1 aromatic heterocycles. The second kappa shape index (κ2) is 5.52. The Kier molecular flexibility index (Phi) is 3.50. The van der Waals surface area contributed by atoms with E-state index in [0.717, 1.165) is 44.4 Å². The molecule has 1 aliphatic carbocycles. The zero-order chi connectivity index (χ0) is 15.1. The maximum Gasteiger partial charge on any atom is 0.266 e. The average molecular weight is 318 g/mol. The largest absolute Gasteiger partial charge is 0.429 e. The first-order valence-corrected chi connectivity index (χ1v) is 8.19. The lowest BCUT2D eigenvalue weighted by Gasteiger charge is -2.30. The van der Waals surface area contributed by atoms with Crippen LogP contribution in [0.3, 0.4) is 0 Å². The van der Waals surface area contributed by atoms with Gasteiger partial charge in [0.15, 0.2) is 5.58 Å². The van der Waals surface area contributed by atoms with Gasteiger partial charge in [0.2, 0.25) is 0 Å². The number of carbonyl (C=O) groups is 1. The SMILES string of the molecule is O=C(c1ccc2[nH]c(=S)oc2c1)N1CCCOC2CCCC21. The third kappa shape index (κ3) is 2.36. The quantitative estimate of drug-likeness (QED) is 0.820. The van der Waals surface area contributed by atoms with Crippen molar-refractivity contribution >= 4 is 29.2 Å². The summed E-state index contributed by atoms with van der Waals surface area (Å²) in [6.07, 6.45) is 4.31. The second-order valence-electron chi connectivity index (χ2n) is 5.99. The van der Waals surface area contributed by atoms with Crippen LogP contribution in [0.1, 0.15) is 36.0 Å². The van der Waals surface area contributed by atoms with E-state index < -0.39 is 0 Å². The number of H-pyrrole nitrogens is 1. The molecule has 1 N–H and O–H groups in total. The number of ether oxygens (including phenoxy) is 1. The molecule has 2 aromatic rings. The first-order valence-electron chi connectivity index (χ1n) is 7.78. The topological polar surface area (TPSA) is 58.5 Å². The lowest BCUT2D eigenvalue weighted by atomic mass is 10.1. The van der Waals surface area contributed by atoms with Gasteiger partial charge in [0.25, 0.3) is 10.7 Å². The summed E-state index contributed by atoms with van der Waals surface area (Å²) in [6.45, 7) is 1.50. The van der Waals surface area contributed by atoms with Crippen molar-refractivity contribution in [3.63, 3.8) is 0 Å². The summed E-state index contributed by atoms with van der Waals surface area (Å²) in [5.41, 5.74) is 2.10. The molecule has 0 spiro atoms. The van der Waals surface area contributed by atoms with Gasteiger partial charge < -0.3 is 19.0 Å². The normalized spacial score (nSPS) is 25.2. The van der Waals surface area contributed by atoms with Crippen molar-refractivity contribution < 1.29 is 13.9 Å². The van der Waals surface area contributed by atoms with E-state index in [-0.39, 0.29) is 18.1 Å². The van der Waals surface area contributed by atoms with Crippen LogP contribution in [0.2, 0.25) is 0 Å². The number of hydrogen-bond acceptors (Lipinski definition) is 4. The third-order valence-electron chi connectivity index (χ3n) is 4.62. The number of carbonyl (C=O) groups excluding carboxylic acids is 1. The number of amides is 1. The Morgan fingerprint density at radius 3 is 3.14 bits per heavy atom. The molecule has 116 valence electrons. The van der Waals surface area contributed by atoms with Gasteiger partial charge in [-0.1, -0.05) is 0 Å². The van der Waals surface area contributed by atoms with Gasteiger partial charge >= 0.3 is 0 Å². The fraction of sp³-hybridized carbons (Fsp3) is 0.500. The molecule has 2 heterocycles. The number of rotatable bonds is 1. The van der Waals surface area contributed by atoms with Crippen LogP contribution in [0.5, 0.6) is 0 Å². The van der Waals surface area contributed by atoms with Gasteiger partial charge in [-0.2, -0.15) is 0 Å². The van der Waals surface area contributed by atoms with E-state index in [1.54, 1.807) is 6.07 Å². The van der Waals surface area contributed by atoms with E-state index in [1.165, 1.54) is 0 Å². The minimum atomic E-state index is 0.0617. The van der Waals surface area contributed by atoms with E-state index in [4.69, 9.17) is 21.4 Å². The molecular formula is C16H18N2O3S. The van der Waals surface area contributed by atoms with E-state index in [9.17, 15) is 4.79 Å². The summed E-state index contributed by atoms with van der Waals surface area (Å²) < 4.78 is 11.3. The average Bonchev–Trinajstić information content (AvgIpc) is 3.06. The smallest absolute Gasteiger partial charge is 0.266 e. The first kappa shape index (κ1) is 14.0. The molecule has 2 aliphatic rings. The van der Waals surface area contributed by atoms with Crippen molar-refractivity contribution in [1.29, 1.82) is 0 Å². The molecule has 1 aromatic carbocycles. The number of oxazole rings is 1. The van der Waals surface area contributed by atoms with Gasteiger partial charge in [0.1, 0.15) is 0 Å². The van der Waals surface area contributed by atoms with Crippen LogP contribution in [-0.2, 0) is 4.74 Å². The van der Waals surface area contributed by atoms with Crippen molar-refractivity contribution in [1.82, 2.24) is 9.88 Å². The Balaban J connectivity index is 1.67. The number of aromatic amines is 1. The summed E-state index contributed by atoms with van der Waals surface area (Å²) in [7, 11) is 0. The molecule has 6 heteroatoms. The number of aromatic nitrogens is 1. The Labute approximate surface area is 133 Å². The third-order valence-corrected chi connectivity index (χ3v) is 4.81. The monoisotopic (exact) mass is 318 g/mol. The van der Waals surface area contributed by atoms with Crippen LogP contribution in [-0.4, -0.2) is 41.1 Å². The van der Waals surface area contributed by atoms with Gasteiger partial charge in [0.05, 0.1) is 17.7 Å². The van der Waals surface area contributed by atoms with E-state index in [0.29, 0.717) is 16.0 Å². The summed E-state index contributed by atoms with van der Waals surface area (Å²) in [5, 5.41) is 0. The Morgan fingerprint density at radius 1 is 1.32 bits per heavy atom. The van der Waals surface area contributed by atoms with Crippen molar-refractivity contribution in [2.45, 2.75) is 37.8 Å². The molecule has 1 amide bonds. The highest BCUT2D eigenvalue weighted by Crippen LogP contribution is 2.30. The van der Waals surface area contributed by atoms with Crippen LogP contribution in [0, 0.1) is 4.84 Å². The summed E-state index contributed by atoms with van der Waals surface area (Å²) >= 11 is 4.99. The number of fused-ring (bicyclic) bond motifs is 2. The standard InChI is InChI=1S/C16H18N2O3S/c19-15(10-5-6-11-14(9-10)21-16(22)17-11)18-7-2-8-20-13-4-1-3-12(13)18/h5-6,9,12-13H,1-4,7-8H2,(H,17,22). The van der Waals surface area contributed by atoms with Gasteiger partial charge in [-0.15, -0.1) is 0 Å². The fourth-order valence-electron chi connectivity index (χ4n) is 3.59. The Hall–Kier alpha value is -1.66. The first-order chi connectivity index (χ1) is 10.7. The maximum absolute atomic E-state index is 12.9. The van der Waals surface area contributed by atoms with Crippen LogP contribution in [0.4, 0.5) is 0 Å². The number of hydrogen-bond donors (Lipinski definition) is 1. The van der Waals surface area contributed by atoms with Crippen molar-refractivity contribution in [2.24, 2.45) is 0 Å². The molecular weight excluding hydrogens is 300 g/mol. The van der Waals surface area contributed by atoms with Crippen molar-refractivity contribution in [2.75, 3.05) is 13.2 Å². The number of benzene rings is 1. The molecule has 4 rings (SSSR count). The maximum atomic E-state index is 12.9. The van der Waals surface area contributed by atoms with Gasteiger partial charge in [-0.05, 0) is 56.1 Å². The van der Waals surface area contributed by atoms with E-state index in [1.807, 2.05) is 17.0 Å². The molecule has 0 radical (unpaired) electrons. The minimum absolute atomic E-state index is 0.0617. The highest BCUT2D eigenvalue weighted by atomic mass is 32.1. The Morgan fingerprint density at radius 2 is 2.23 bits per heavy atom. The number of nitrogens with zero attached hydrogens (tertiary/aromatic N) is 1. The van der Waals surface area contributed by atoms with E-state index >= 15 is 0 Å². The summed E-state index contributed by atoms with van der Waals surface area (Å²) in [6, 6.07) is 5.67. The minimum Gasteiger partial charge on any atom is -0.429 e. The lowest BCUT2D eigenvalue weighted by molar-refractivity contribution is 0.0297. The van der Waals surface area contributed by atoms with Gasteiger partial charge in [-0.25, -0.2) is 0 Å². The van der Waals surface area contributed by atoms with Crippen LogP contribution >= 0.6 is 12.2 Å². The molecule has 5 nitrogen and oxygen atoms in total. The second-order valence-corrected chi connectivity index (χ2v) is 6.36. The zero-order valence-corrected chi connectivity index (χ0v) is 13.0. The number of nitrogens with one attached hydrogen (secondary N) is 1. The van der Waals surface area contributed by atoms with E-state index in [2.05, 4.69) is 4.98 Å². The molecule has 2 atom stereocenters. The molecule has 2 fully saturated rings. The van der Waals surface area contributed by atoms with Gasteiger partial charge in [0, 0.05) is 18.7 Å². The molecule has 2 unspecified atom stereocenters. The van der Waals surface area contributed by atoms with Crippen LogP contribution < -0.4 is 0 Å². The fourth-order valence-corrected chi connectivity index (χ4v) is 3.79. The van der Waals surface area contributed by atoms with Gasteiger partial charge in [-0.3, -0.25) is 4.79 Å². The predicted octanol–water partition coefficient (Wildman–Crippen LogP) is 3.27. The zero-order valence-electron chi connectivity index (χ0n) is 12.2. The van der Waals surface area contributed by atoms with Crippen molar-refractivity contribution in [3.05, 3.63) is 28.6 Å². The molecule has 22 heavy (non-hydrogen) atoms. The van der Waals surface area contributed by atoms with Crippen LogP contribution in [0.15, 0.2) is 22.6 Å². The van der Waals surface area contributed by atoms with Crippen LogP contribution in [0.25, 0.3) is 11.1 Å². The predicted molar refractivity (Wildman–Crippen MR) is 84.4 cm³/mol. The highest BCUT2D eigenvalue weighted by Gasteiger charge is 2.37. The molecule has 0 bridgehead atoms. The molecule has 1 saturated carbocycles. The lowest BCUT2D eigenvalue weighted by Crippen LogP contribution is -2.43. The molecule has 1 aliphatic heterocycles. The summed E-state index contributed by atoms with van der Waals surface area (Å²) in [4.78, 5) is 18.2. The molecule has 1 saturated heterocycles. The Bertz CT molecular complexity index is 766.